The smallest absolute Gasteiger partial charge is 0.280 e. The highest BCUT2D eigenvalue weighted by molar-refractivity contribution is 6.02. The quantitative estimate of drug-likeness (QED) is 0.575. The zero-order valence-corrected chi connectivity index (χ0v) is 11.4. The number of amides is 1. The van der Waals surface area contributed by atoms with Crippen LogP contribution in [0.4, 0.5) is 0 Å². The Morgan fingerprint density at radius 2 is 1.85 bits per heavy atom. The number of aliphatic imine (C=N–C) groups is 1. The van der Waals surface area contributed by atoms with E-state index < -0.39 is 5.91 Å². The van der Waals surface area contributed by atoms with Crippen molar-refractivity contribution in [2.24, 2.45) is 16.5 Å². The number of rotatable bonds is 3. The molecule has 6 nitrogen and oxygen atoms in total. The summed E-state index contributed by atoms with van der Waals surface area (Å²) in [5.41, 5.74) is 12.1. The molecule has 2 rings (SSSR count). The van der Waals surface area contributed by atoms with Gasteiger partial charge in [0.25, 0.3) is 5.91 Å². The second-order valence-electron chi connectivity index (χ2n) is 3.98. The average molecular weight is 295 g/mol. The number of aliphatic hydroxyl groups is 1. The SMILES string of the molecule is Cl.NC(N)=NC(=O)c1cc(CO)cc(-n2cccc2)c1. The third-order valence-electron chi connectivity index (χ3n) is 2.54. The largest absolute Gasteiger partial charge is 0.392 e. The van der Waals surface area contributed by atoms with Crippen LogP contribution in [0.1, 0.15) is 15.9 Å². The van der Waals surface area contributed by atoms with Crippen LogP contribution >= 0.6 is 12.4 Å². The standard InChI is InChI=1S/C13H14N4O2.ClH/c14-13(15)16-12(19)10-5-9(8-18)6-11(7-10)17-3-1-2-4-17;/h1-7,18H,8H2,(H4,14,15,16,19);1H. The summed E-state index contributed by atoms with van der Waals surface area (Å²) in [6.45, 7) is -0.169. The molecular weight excluding hydrogens is 280 g/mol. The van der Waals surface area contributed by atoms with Crippen molar-refractivity contribution in [3.63, 3.8) is 0 Å². The fourth-order valence-corrected chi connectivity index (χ4v) is 1.73. The lowest BCUT2D eigenvalue weighted by atomic mass is 10.1. The van der Waals surface area contributed by atoms with E-state index in [0.717, 1.165) is 5.69 Å². The summed E-state index contributed by atoms with van der Waals surface area (Å²) in [6, 6.07) is 8.73. The minimum Gasteiger partial charge on any atom is -0.392 e. The molecule has 0 bridgehead atoms. The van der Waals surface area contributed by atoms with Crippen LogP contribution in [-0.2, 0) is 6.61 Å². The lowest BCUT2D eigenvalue weighted by molar-refractivity contribution is 0.100. The van der Waals surface area contributed by atoms with Crippen molar-refractivity contribution in [1.82, 2.24) is 4.57 Å². The third kappa shape index (κ3) is 3.59. The van der Waals surface area contributed by atoms with Crippen LogP contribution in [0.15, 0.2) is 47.7 Å². The number of nitrogens with zero attached hydrogens (tertiary/aromatic N) is 2. The molecule has 7 heteroatoms. The molecule has 1 aromatic carbocycles. The molecule has 0 spiro atoms. The molecule has 1 aromatic heterocycles. The Balaban J connectivity index is 0.00000200. The molecule has 0 fully saturated rings. The van der Waals surface area contributed by atoms with Gasteiger partial charge in [-0.1, -0.05) is 0 Å². The molecule has 0 unspecified atom stereocenters. The number of hydrogen-bond acceptors (Lipinski definition) is 2. The van der Waals surface area contributed by atoms with Crippen molar-refractivity contribution < 1.29 is 9.90 Å². The lowest BCUT2D eigenvalue weighted by Crippen LogP contribution is -2.24. The maximum atomic E-state index is 11.8. The second-order valence-corrected chi connectivity index (χ2v) is 3.98. The Kier molecular flexibility index (Phi) is 5.31. The van der Waals surface area contributed by atoms with Crippen LogP contribution in [0.2, 0.25) is 0 Å². The van der Waals surface area contributed by atoms with E-state index >= 15 is 0 Å². The van der Waals surface area contributed by atoms with Gasteiger partial charge >= 0.3 is 0 Å². The molecule has 2 aromatic rings. The normalized spacial score (nSPS) is 9.65. The Hall–Kier alpha value is -2.31. The number of benzene rings is 1. The first kappa shape index (κ1) is 15.7. The van der Waals surface area contributed by atoms with Gasteiger partial charge in [0, 0.05) is 23.6 Å². The van der Waals surface area contributed by atoms with Crippen molar-refractivity contribution in [3.8, 4) is 5.69 Å². The molecule has 0 saturated heterocycles. The number of aromatic nitrogens is 1. The van der Waals surface area contributed by atoms with E-state index in [-0.39, 0.29) is 25.0 Å². The number of carbonyl (C=O) groups is 1. The molecular formula is C13H15ClN4O2. The van der Waals surface area contributed by atoms with E-state index in [4.69, 9.17) is 11.5 Å². The van der Waals surface area contributed by atoms with Gasteiger partial charge in [0.05, 0.1) is 6.61 Å². The van der Waals surface area contributed by atoms with Crippen molar-refractivity contribution in [2.75, 3.05) is 0 Å². The molecule has 0 aliphatic rings. The highest BCUT2D eigenvalue weighted by atomic mass is 35.5. The molecule has 0 radical (unpaired) electrons. The summed E-state index contributed by atoms with van der Waals surface area (Å²) in [5, 5.41) is 9.24. The summed E-state index contributed by atoms with van der Waals surface area (Å²) < 4.78 is 1.82. The third-order valence-corrected chi connectivity index (χ3v) is 2.54. The number of guanidine groups is 1. The molecule has 20 heavy (non-hydrogen) atoms. The molecule has 0 saturated carbocycles. The summed E-state index contributed by atoms with van der Waals surface area (Å²) in [4.78, 5) is 15.3. The van der Waals surface area contributed by atoms with Gasteiger partial charge in [0.1, 0.15) is 0 Å². The van der Waals surface area contributed by atoms with Gasteiger partial charge in [-0.15, -0.1) is 12.4 Å². The number of nitrogens with two attached hydrogens (primary N) is 2. The van der Waals surface area contributed by atoms with Gasteiger partial charge in [0.15, 0.2) is 5.96 Å². The zero-order chi connectivity index (χ0) is 13.8. The first-order valence-electron chi connectivity index (χ1n) is 5.62. The van der Waals surface area contributed by atoms with Crippen LogP contribution in [0.25, 0.3) is 5.69 Å². The minimum atomic E-state index is -0.538. The van der Waals surface area contributed by atoms with Gasteiger partial charge < -0.3 is 21.1 Å². The summed E-state index contributed by atoms with van der Waals surface area (Å²) in [6.07, 6.45) is 3.68. The first-order chi connectivity index (χ1) is 9.10. The molecule has 0 aliphatic carbocycles. The lowest BCUT2D eigenvalue weighted by Gasteiger charge is -2.07. The van der Waals surface area contributed by atoms with Crippen LogP contribution < -0.4 is 11.5 Å². The van der Waals surface area contributed by atoms with Crippen molar-refractivity contribution in [1.29, 1.82) is 0 Å². The van der Waals surface area contributed by atoms with Gasteiger partial charge in [-0.2, -0.15) is 4.99 Å². The minimum absolute atomic E-state index is 0. The number of carbonyl (C=O) groups excluding carboxylic acids is 1. The zero-order valence-electron chi connectivity index (χ0n) is 10.6. The molecule has 5 N–H and O–H groups in total. The van der Waals surface area contributed by atoms with Crippen LogP contribution in [0.3, 0.4) is 0 Å². The van der Waals surface area contributed by atoms with E-state index in [0.29, 0.717) is 11.1 Å². The van der Waals surface area contributed by atoms with E-state index in [9.17, 15) is 9.90 Å². The number of hydrogen-bond donors (Lipinski definition) is 3. The highest BCUT2D eigenvalue weighted by Gasteiger charge is 2.09. The van der Waals surface area contributed by atoms with E-state index in [1.165, 1.54) is 0 Å². The predicted octanol–water partition coefficient (Wildman–Crippen LogP) is 0.805. The number of aliphatic hydroxyl groups excluding tert-OH is 1. The van der Waals surface area contributed by atoms with Gasteiger partial charge in [-0.25, -0.2) is 0 Å². The highest BCUT2D eigenvalue weighted by Crippen LogP contribution is 2.16. The molecule has 0 atom stereocenters. The molecule has 106 valence electrons. The van der Waals surface area contributed by atoms with Crippen molar-refractivity contribution >= 4 is 24.3 Å². The van der Waals surface area contributed by atoms with Gasteiger partial charge in [0.2, 0.25) is 0 Å². The van der Waals surface area contributed by atoms with E-state index in [1.807, 2.05) is 29.1 Å². The summed E-state index contributed by atoms with van der Waals surface area (Å²) in [7, 11) is 0. The average Bonchev–Trinajstić information content (AvgIpc) is 2.91. The topological polar surface area (TPSA) is 107 Å². The van der Waals surface area contributed by atoms with E-state index in [1.54, 1.807) is 18.2 Å². The van der Waals surface area contributed by atoms with Crippen LogP contribution in [0, 0.1) is 0 Å². The van der Waals surface area contributed by atoms with Gasteiger partial charge in [-0.05, 0) is 35.9 Å². The van der Waals surface area contributed by atoms with Gasteiger partial charge in [-0.3, -0.25) is 4.79 Å². The van der Waals surface area contributed by atoms with Crippen LogP contribution in [-0.4, -0.2) is 21.5 Å². The van der Waals surface area contributed by atoms with Crippen molar-refractivity contribution in [3.05, 3.63) is 53.9 Å². The molecule has 0 aliphatic heterocycles. The van der Waals surface area contributed by atoms with Crippen molar-refractivity contribution in [2.45, 2.75) is 6.61 Å². The molecule has 1 heterocycles. The van der Waals surface area contributed by atoms with E-state index in [2.05, 4.69) is 4.99 Å². The Labute approximate surface area is 122 Å². The Morgan fingerprint density at radius 3 is 2.40 bits per heavy atom. The maximum Gasteiger partial charge on any atom is 0.280 e. The molecule has 1 amide bonds. The van der Waals surface area contributed by atoms with Crippen LogP contribution in [0.5, 0.6) is 0 Å². The summed E-state index contributed by atoms with van der Waals surface area (Å²) in [5.74, 6) is -0.828. The Morgan fingerprint density at radius 1 is 1.20 bits per heavy atom. The first-order valence-corrected chi connectivity index (χ1v) is 5.62. The summed E-state index contributed by atoms with van der Waals surface area (Å²) >= 11 is 0. The monoisotopic (exact) mass is 294 g/mol. The fourth-order valence-electron chi connectivity index (χ4n) is 1.73. The number of halogens is 1. The Bertz CT molecular complexity index is 619. The maximum absolute atomic E-state index is 11.8. The fraction of sp³-hybridized carbons (Fsp3) is 0.0769. The second kappa shape index (κ2) is 6.74. The predicted molar refractivity (Wildman–Crippen MR) is 79.1 cm³/mol.